The number of nitrogens with zero attached hydrogens (tertiary/aromatic N) is 2. The monoisotopic (exact) mass is 255 g/mol. The zero-order chi connectivity index (χ0) is 13.8. The van der Waals surface area contributed by atoms with Crippen LogP contribution < -0.4 is 5.32 Å². The fraction of sp³-hybridized carbons (Fsp3) is 0.333. The summed E-state index contributed by atoms with van der Waals surface area (Å²) in [5.74, 6) is -0.196. The Balaban J connectivity index is 2.27. The van der Waals surface area contributed by atoms with Gasteiger partial charge < -0.3 is 9.88 Å². The fourth-order valence-electron chi connectivity index (χ4n) is 2.20. The average molecular weight is 255 g/mol. The first kappa shape index (κ1) is 13.2. The van der Waals surface area contributed by atoms with Gasteiger partial charge in [0.2, 0.25) is 0 Å². The molecule has 0 spiro atoms. The Morgan fingerprint density at radius 3 is 2.84 bits per heavy atom. The minimum absolute atomic E-state index is 0.196. The molecule has 2 rings (SSSR count). The van der Waals surface area contributed by atoms with Crippen LogP contribution in [0.15, 0.2) is 30.3 Å². The zero-order valence-corrected chi connectivity index (χ0v) is 11.2. The molecule has 1 N–H and O–H groups in total. The van der Waals surface area contributed by atoms with Crippen molar-refractivity contribution in [2.45, 2.75) is 25.8 Å². The number of para-hydroxylation sites is 1. The Labute approximate surface area is 112 Å². The molecule has 19 heavy (non-hydrogen) atoms. The SMILES string of the molecule is CCC[C@@H](C#N)NC(=O)c1cc2ccccc2n1C. The molecule has 2 aromatic rings. The molecule has 0 saturated heterocycles. The molecule has 4 nitrogen and oxygen atoms in total. The number of hydrogen-bond donors (Lipinski definition) is 1. The van der Waals surface area contributed by atoms with Gasteiger partial charge in [0.1, 0.15) is 11.7 Å². The van der Waals surface area contributed by atoms with Gasteiger partial charge in [0.05, 0.1) is 6.07 Å². The number of carbonyl (C=O) groups excluding carboxylic acids is 1. The van der Waals surface area contributed by atoms with E-state index in [2.05, 4.69) is 11.4 Å². The van der Waals surface area contributed by atoms with Gasteiger partial charge in [-0.1, -0.05) is 31.5 Å². The van der Waals surface area contributed by atoms with E-state index in [9.17, 15) is 4.79 Å². The fourth-order valence-corrected chi connectivity index (χ4v) is 2.20. The third-order valence-corrected chi connectivity index (χ3v) is 3.22. The molecule has 0 unspecified atom stereocenters. The minimum Gasteiger partial charge on any atom is -0.340 e. The van der Waals surface area contributed by atoms with Gasteiger partial charge >= 0.3 is 0 Å². The van der Waals surface area contributed by atoms with Crippen molar-refractivity contribution in [3.05, 3.63) is 36.0 Å². The highest BCUT2D eigenvalue weighted by Crippen LogP contribution is 2.18. The van der Waals surface area contributed by atoms with Crippen molar-refractivity contribution in [2.24, 2.45) is 7.05 Å². The van der Waals surface area contributed by atoms with E-state index in [-0.39, 0.29) is 5.91 Å². The van der Waals surface area contributed by atoms with E-state index < -0.39 is 6.04 Å². The normalized spacial score (nSPS) is 12.1. The molecule has 1 aromatic heterocycles. The second-order valence-corrected chi connectivity index (χ2v) is 4.59. The molecule has 1 heterocycles. The van der Waals surface area contributed by atoms with Crippen LogP contribution in [0, 0.1) is 11.3 Å². The number of fused-ring (bicyclic) bond motifs is 1. The lowest BCUT2D eigenvalue weighted by atomic mass is 10.2. The minimum atomic E-state index is -0.421. The summed E-state index contributed by atoms with van der Waals surface area (Å²) >= 11 is 0. The molecule has 0 fully saturated rings. The van der Waals surface area contributed by atoms with Crippen LogP contribution in [0.4, 0.5) is 0 Å². The molecule has 1 atom stereocenters. The Hall–Kier alpha value is -2.28. The summed E-state index contributed by atoms with van der Waals surface area (Å²) in [5.41, 5.74) is 1.59. The quantitative estimate of drug-likeness (QED) is 0.913. The topological polar surface area (TPSA) is 57.8 Å². The van der Waals surface area contributed by atoms with Crippen molar-refractivity contribution in [1.29, 1.82) is 5.26 Å². The highest BCUT2D eigenvalue weighted by molar-refractivity contribution is 5.98. The maximum atomic E-state index is 12.2. The molecule has 0 aliphatic carbocycles. The van der Waals surface area contributed by atoms with Gasteiger partial charge in [-0.15, -0.1) is 0 Å². The maximum Gasteiger partial charge on any atom is 0.268 e. The van der Waals surface area contributed by atoms with E-state index in [1.165, 1.54) is 0 Å². The van der Waals surface area contributed by atoms with Gasteiger partial charge in [-0.25, -0.2) is 0 Å². The Morgan fingerprint density at radius 2 is 2.21 bits per heavy atom. The molecule has 0 saturated carbocycles. The lowest BCUT2D eigenvalue weighted by Crippen LogP contribution is -2.34. The number of aryl methyl sites for hydroxylation is 1. The first-order valence-electron chi connectivity index (χ1n) is 6.42. The third kappa shape index (κ3) is 2.60. The van der Waals surface area contributed by atoms with Crippen molar-refractivity contribution < 1.29 is 4.79 Å². The predicted octanol–water partition coefficient (Wildman–Crippen LogP) is 2.60. The first-order chi connectivity index (χ1) is 9.17. The van der Waals surface area contributed by atoms with Gasteiger partial charge in [-0.05, 0) is 18.6 Å². The molecule has 1 aromatic carbocycles. The summed E-state index contributed by atoms with van der Waals surface area (Å²) in [6.07, 6.45) is 1.54. The Kier molecular flexibility index (Phi) is 3.86. The second-order valence-electron chi connectivity index (χ2n) is 4.59. The molecular formula is C15H17N3O. The van der Waals surface area contributed by atoms with Crippen LogP contribution in [0.2, 0.25) is 0 Å². The number of aromatic nitrogens is 1. The average Bonchev–Trinajstić information content (AvgIpc) is 2.76. The number of hydrogen-bond acceptors (Lipinski definition) is 2. The zero-order valence-electron chi connectivity index (χ0n) is 11.2. The number of benzene rings is 1. The molecule has 0 aliphatic heterocycles. The van der Waals surface area contributed by atoms with Crippen LogP contribution in [-0.4, -0.2) is 16.5 Å². The van der Waals surface area contributed by atoms with Gasteiger partial charge in [-0.3, -0.25) is 4.79 Å². The molecule has 4 heteroatoms. The molecule has 0 radical (unpaired) electrons. The smallest absolute Gasteiger partial charge is 0.268 e. The number of carbonyl (C=O) groups is 1. The van der Waals surface area contributed by atoms with Crippen molar-refractivity contribution in [3.8, 4) is 6.07 Å². The summed E-state index contributed by atoms with van der Waals surface area (Å²) < 4.78 is 1.85. The van der Waals surface area contributed by atoms with Crippen LogP contribution >= 0.6 is 0 Å². The third-order valence-electron chi connectivity index (χ3n) is 3.22. The number of nitriles is 1. The van der Waals surface area contributed by atoms with Crippen LogP contribution in [-0.2, 0) is 7.05 Å². The van der Waals surface area contributed by atoms with Crippen molar-refractivity contribution >= 4 is 16.8 Å². The highest BCUT2D eigenvalue weighted by Gasteiger charge is 2.16. The Bertz CT molecular complexity index is 636. The van der Waals surface area contributed by atoms with Gasteiger partial charge in [0, 0.05) is 18.0 Å². The second kappa shape index (κ2) is 5.57. The van der Waals surface area contributed by atoms with Crippen LogP contribution in [0.5, 0.6) is 0 Å². The van der Waals surface area contributed by atoms with Crippen molar-refractivity contribution in [2.75, 3.05) is 0 Å². The number of amides is 1. The van der Waals surface area contributed by atoms with Crippen LogP contribution in [0.1, 0.15) is 30.3 Å². The van der Waals surface area contributed by atoms with Gasteiger partial charge in [0.15, 0.2) is 0 Å². The van der Waals surface area contributed by atoms with E-state index in [4.69, 9.17) is 5.26 Å². The summed E-state index contributed by atoms with van der Waals surface area (Å²) in [7, 11) is 1.86. The maximum absolute atomic E-state index is 12.2. The van der Waals surface area contributed by atoms with Crippen LogP contribution in [0.25, 0.3) is 10.9 Å². The van der Waals surface area contributed by atoms with Crippen LogP contribution in [0.3, 0.4) is 0 Å². The van der Waals surface area contributed by atoms with Gasteiger partial charge in [0.25, 0.3) is 5.91 Å². The highest BCUT2D eigenvalue weighted by atomic mass is 16.2. The molecule has 0 bridgehead atoms. The van der Waals surface area contributed by atoms with E-state index in [1.54, 1.807) is 0 Å². The number of nitrogens with one attached hydrogen (secondary N) is 1. The molecule has 98 valence electrons. The van der Waals surface area contributed by atoms with Gasteiger partial charge in [-0.2, -0.15) is 5.26 Å². The molecular weight excluding hydrogens is 238 g/mol. The summed E-state index contributed by atoms with van der Waals surface area (Å²) in [6, 6.07) is 11.4. The summed E-state index contributed by atoms with van der Waals surface area (Å²) in [4.78, 5) is 12.2. The molecule has 1 amide bonds. The largest absolute Gasteiger partial charge is 0.340 e. The summed E-state index contributed by atoms with van der Waals surface area (Å²) in [5, 5.41) is 12.8. The Morgan fingerprint density at radius 1 is 1.47 bits per heavy atom. The lowest BCUT2D eigenvalue weighted by Gasteiger charge is -2.10. The standard InChI is InChI=1S/C15H17N3O/c1-3-6-12(10-16)17-15(19)14-9-11-7-4-5-8-13(11)18(14)2/h4-5,7-9,12H,3,6H2,1-2H3,(H,17,19)/t12-/m0/s1. The molecule has 0 aliphatic rings. The van der Waals surface area contributed by atoms with E-state index in [0.717, 1.165) is 17.3 Å². The van der Waals surface area contributed by atoms with Crippen molar-refractivity contribution in [1.82, 2.24) is 9.88 Å². The van der Waals surface area contributed by atoms with Crippen molar-refractivity contribution in [3.63, 3.8) is 0 Å². The van der Waals surface area contributed by atoms with E-state index in [1.807, 2.05) is 48.9 Å². The lowest BCUT2D eigenvalue weighted by molar-refractivity contribution is 0.0936. The van der Waals surface area contributed by atoms with E-state index >= 15 is 0 Å². The summed E-state index contributed by atoms with van der Waals surface area (Å²) in [6.45, 7) is 1.99. The number of rotatable bonds is 4. The first-order valence-corrected chi connectivity index (χ1v) is 6.42. The van der Waals surface area contributed by atoms with E-state index in [0.29, 0.717) is 12.1 Å². The predicted molar refractivity (Wildman–Crippen MR) is 74.7 cm³/mol.